The Kier molecular flexibility index (Phi) is 6.65. The topological polar surface area (TPSA) is 84.3 Å². The number of benzene rings is 2. The van der Waals surface area contributed by atoms with Crippen molar-refractivity contribution >= 4 is 23.5 Å². The molecule has 0 atom stereocenters. The normalized spacial score (nSPS) is 11.3. The van der Waals surface area contributed by atoms with Crippen LogP contribution in [0.1, 0.15) is 21.5 Å². The summed E-state index contributed by atoms with van der Waals surface area (Å²) in [6, 6.07) is 10.3. The minimum atomic E-state index is -4.60. The molecule has 0 unspecified atom stereocenters. The maximum atomic E-state index is 12.5. The number of rotatable bonds is 7. The first-order valence-corrected chi connectivity index (χ1v) is 9.38. The van der Waals surface area contributed by atoms with Crippen molar-refractivity contribution in [1.82, 2.24) is 9.97 Å². The first-order chi connectivity index (χ1) is 14.6. The Labute approximate surface area is 180 Å². The highest BCUT2D eigenvalue weighted by Gasteiger charge is 2.29. The highest BCUT2D eigenvalue weighted by Crippen LogP contribution is 2.35. The molecule has 6 nitrogen and oxygen atoms in total. The maximum Gasteiger partial charge on any atom is 0.422 e. The monoisotopic (exact) mass is 451 g/mol. The number of ether oxygens (including phenoxy) is 1. The number of carboxylic acids is 1. The van der Waals surface area contributed by atoms with Gasteiger partial charge in [0.2, 0.25) is 5.95 Å². The van der Waals surface area contributed by atoms with Crippen LogP contribution in [0.5, 0.6) is 5.75 Å². The van der Waals surface area contributed by atoms with Crippen molar-refractivity contribution in [3.63, 3.8) is 0 Å². The van der Waals surface area contributed by atoms with Gasteiger partial charge in [0, 0.05) is 24.5 Å². The van der Waals surface area contributed by atoms with Crippen LogP contribution in [0, 0.1) is 6.92 Å². The average molecular weight is 452 g/mol. The lowest BCUT2D eigenvalue weighted by Crippen LogP contribution is -2.19. The Morgan fingerprint density at radius 1 is 1.16 bits per heavy atom. The minimum Gasteiger partial charge on any atom is -0.483 e. The van der Waals surface area contributed by atoms with Gasteiger partial charge in [-0.05, 0) is 30.2 Å². The van der Waals surface area contributed by atoms with Crippen LogP contribution in [-0.4, -0.2) is 33.8 Å². The second kappa shape index (κ2) is 9.22. The van der Waals surface area contributed by atoms with Gasteiger partial charge in [0.25, 0.3) is 0 Å². The summed E-state index contributed by atoms with van der Waals surface area (Å²) in [5.74, 6) is -1.46. The summed E-state index contributed by atoms with van der Waals surface area (Å²) in [7, 11) is 0. The number of nitrogens with zero attached hydrogens (tertiary/aromatic N) is 2. The van der Waals surface area contributed by atoms with Crippen molar-refractivity contribution < 1.29 is 27.8 Å². The van der Waals surface area contributed by atoms with Crippen LogP contribution in [0.3, 0.4) is 0 Å². The first kappa shape index (κ1) is 22.4. The number of anilines is 1. The Balaban J connectivity index is 1.82. The van der Waals surface area contributed by atoms with E-state index in [1.54, 1.807) is 0 Å². The number of aromatic nitrogens is 2. The summed E-state index contributed by atoms with van der Waals surface area (Å²) in [6.07, 6.45) is -1.75. The standard InChI is InChI=1S/C21H17ClF3N3O3/c1-12-3-2-4-13(5-12)8-26-20-27-9-15(10-28-20)14-6-16(19(29)30)18(22)17(7-14)31-11-21(23,24)25/h2-7,9-10H,8,11H2,1H3,(H,29,30)(H,26,27,28). The lowest BCUT2D eigenvalue weighted by Gasteiger charge is -2.14. The lowest BCUT2D eigenvalue weighted by molar-refractivity contribution is -0.153. The zero-order valence-corrected chi connectivity index (χ0v) is 17.0. The van der Waals surface area contributed by atoms with Gasteiger partial charge in [0.15, 0.2) is 6.61 Å². The fraction of sp³-hybridized carbons (Fsp3) is 0.190. The van der Waals surface area contributed by atoms with E-state index in [0.29, 0.717) is 18.1 Å². The highest BCUT2D eigenvalue weighted by atomic mass is 35.5. The number of carboxylic acid groups (broad SMARTS) is 1. The molecular formula is C21H17ClF3N3O3. The molecule has 0 aliphatic heterocycles. The number of nitrogens with one attached hydrogen (secondary N) is 1. The van der Waals surface area contributed by atoms with E-state index in [1.165, 1.54) is 24.5 Å². The van der Waals surface area contributed by atoms with Gasteiger partial charge in [-0.25, -0.2) is 14.8 Å². The van der Waals surface area contributed by atoms with Gasteiger partial charge in [-0.15, -0.1) is 0 Å². The number of aromatic carboxylic acids is 1. The maximum absolute atomic E-state index is 12.5. The number of alkyl halides is 3. The zero-order chi connectivity index (χ0) is 22.6. The molecule has 0 fully saturated rings. The third-order valence-electron chi connectivity index (χ3n) is 4.18. The second-order valence-corrected chi connectivity index (χ2v) is 7.06. The summed E-state index contributed by atoms with van der Waals surface area (Å²) in [4.78, 5) is 19.8. The van der Waals surface area contributed by atoms with E-state index in [4.69, 9.17) is 16.3 Å². The molecule has 10 heteroatoms. The summed E-state index contributed by atoms with van der Waals surface area (Å²) >= 11 is 5.91. The van der Waals surface area contributed by atoms with Crippen LogP contribution in [0.4, 0.5) is 19.1 Å². The van der Waals surface area contributed by atoms with Crippen molar-refractivity contribution in [3.8, 4) is 16.9 Å². The van der Waals surface area contributed by atoms with Gasteiger partial charge in [0.05, 0.1) is 10.6 Å². The third kappa shape index (κ3) is 6.08. The van der Waals surface area contributed by atoms with Gasteiger partial charge in [-0.2, -0.15) is 13.2 Å². The van der Waals surface area contributed by atoms with E-state index in [0.717, 1.165) is 11.1 Å². The number of hydrogen-bond acceptors (Lipinski definition) is 5. The molecular weight excluding hydrogens is 435 g/mol. The molecule has 31 heavy (non-hydrogen) atoms. The van der Waals surface area contributed by atoms with Gasteiger partial charge in [-0.3, -0.25) is 0 Å². The average Bonchev–Trinajstić information content (AvgIpc) is 2.71. The fourth-order valence-corrected chi connectivity index (χ4v) is 3.00. The van der Waals surface area contributed by atoms with Crippen LogP contribution in [0.15, 0.2) is 48.8 Å². The molecule has 0 amide bonds. The molecule has 2 N–H and O–H groups in total. The molecule has 3 aromatic rings. The second-order valence-electron chi connectivity index (χ2n) is 6.68. The van der Waals surface area contributed by atoms with E-state index < -0.39 is 35.1 Å². The van der Waals surface area contributed by atoms with Gasteiger partial charge >= 0.3 is 12.1 Å². The Hall–Kier alpha value is -3.33. The summed E-state index contributed by atoms with van der Waals surface area (Å²) < 4.78 is 42.2. The van der Waals surface area contributed by atoms with Crippen molar-refractivity contribution in [1.29, 1.82) is 0 Å². The van der Waals surface area contributed by atoms with E-state index in [2.05, 4.69) is 15.3 Å². The Morgan fingerprint density at radius 3 is 2.48 bits per heavy atom. The molecule has 0 bridgehead atoms. The Bertz CT molecular complexity index is 1090. The SMILES string of the molecule is Cc1cccc(CNc2ncc(-c3cc(OCC(F)(F)F)c(Cl)c(C(=O)O)c3)cn2)c1. The van der Waals surface area contributed by atoms with Crippen LogP contribution >= 0.6 is 11.6 Å². The van der Waals surface area contributed by atoms with Gasteiger partial charge in [0.1, 0.15) is 5.75 Å². The van der Waals surface area contributed by atoms with E-state index in [9.17, 15) is 23.1 Å². The lowest BCUT2D eigenvalue weighted by atomic mass is 10.0. The van der Waals surface area contributed by atoms with Crippen LogP contribution < -0.4 is 10.1 Å². The third-order valence-corrected chi connectivity index (χ3v) is 4.57. The molecule has 1 heterocycles. The Morgan fingerprint density at radius 2 is 1.87 bits per heavy atom. The molecule has 2 aromatic carbocycles. The predicted octanol–water partition coefficient (Wildman–Crippen LogP) is 5.36. The number of carbonyl (C=O) groups is 1. The highest BCUT2D eigenvalue weighted by molar-refractivity contribution is 6.35. The molecule has 162 valence electrons. The zero-order valence-electron chi connectivity index (χ0n) is 16.2. The number of hydrogen-bond donors (Lipinski definition) is 2. The van der Waals surface area contributed by atoms with Crippen LogP contribution in [0.2, 0.25) is 5.02 Å². The largest absolute Gasteiger partial charge is 0.483 e. The smallest absolute Gasteiger partial charge is 0.422 e. The molecule has 0 radical (unpaired) electrons. The summed E-state index contributed by atoms with van der Waals surface area (Å²) in [6.45, 7) is 0.882. The van der Waals surface area contributed by atoms with Gasteiger partial charge < -0.3 is 15.2 Å². The molecule has 0 saturated heterocycles. The fourth-order valence-electron chi connectivity index (χ4n) is 2.76. The molecule has 0 aliphatic carbocycles. The van der Waals surface area contributed by atoms with Crippen LogP contribution in [0.25, 0.3) is 11.1 Å². The summed E-state index contributed by atoms with van der Waals surface area (Å²) in [5.41, 5.74) is 2.42. The van der Waals surface area contributed by atoms with E-state index in [1.807, 2.05) is 31.2 Å². The van der Waals surface area contributed by atoms with Crippen molar-refractivity contribution in [2.45, 2.75) is 19.6 Å². The van der Waals surface area contributed by atoms with Crippen molar-refractivity contribution in [2.75, 3.05) is 11.9 Å². The first-order valence-electron chi connectivity index (χ1n) is 9.00. The molecule has 0 saturated carbocycles. The summed E-state index contributed by atoms with van der Waals surface area (Å²) in [5, 5.41) is 12.0. The number of aryl methyl sites for hydroxylation is 1. The molecule has 1 aromatic heterocycles. The molecule has 3 rings (SSSR count). The molecule has 0 spiro atoms. The minimum absolute atomic E-state index is 0.254. The molecule has 0 aliphatic rings. The predicted molar refractivity (Wildman–Crippen MR) is 109 cm³/mol. The van der Waals surface area contributed by atoms with E-state index >= 15 is 0 Å². The van der Waals surface area contributed by atoms with Crippen molar-refractivity contribution in [3.05, 3.63) is 70.5 Å². The number of halogens is 4. The quantitative estimate of drug-likeness (QED) is 0.503. The van der Waals surface area contributed by atoms with Crippen molar-refractivity contribution in [2.24, 2.45) is 0 Å². The van der Waals surface area contributed by atoms with Gasteiger partial charge in [-0.1, -0.05) is 41.4 Å². The van der Waals surface area contributed by atoms with E-state index in [-0.39, 0.29) is 5.56 Å². The van der Waals surface area contributed by atoms with Crippen LogP contribution in [-0.2, 0) is 6.54 Å².